The van der Waals surface area contributed by atoms with Crippen LogP contribution in [0.4, 0.5) is 0 Å². The summed E-state index contributed by atoms with van der Waals surface area (Å²) in [6.45, 7) is 5.51. The van der Waals surface area contributed by atoms with Crippen molar-refractivity contribution in [3.05, 3.63) is 0 Å². The summed E-state index contributed by atoms with van der Waals surface area (Å²) in [4.78, 5) is 11.9. The van der Waals surface area contributed by atoms with E-state index in [2.05, 4.69) is 0 Å². The number of hydrogen-bond acceptors (Lipinski definition) is 3. The van der Waals surface area contributed by atoms with E-state index in [0.29, 0.717) is 6.42 Å². The summed E-state index contributed by atoms with van der Waals surface area (Å²) in [6, 6.07) is 0. The molecule has 0 aliphatic heterocycles. The molecule has 3 atom stereocenters. The minimum Gasteiger partial charge on any atom is -0.298 e. The Morgan fingerprint density at radius 1 is 1.33 bits per heavy atom. The van der Waals surface area contributed by atoms with Crippen LogP contribution in [0.1, 0.15) is 33.6 Å². The zero-order valence-corrected chi connectivity index (χ0v) is 10.1. The first-order chi connectivity index (χ1) is 6.75. The van der Waals surface area contributed by atoms with Gasteiger partial charge in [0, 0.05) is 5.92 Å². The van der Waals surface area contributed by atoms with Crippen molar-refractivity contribution < 1.29 is 17.8 Å². The SMILES string of the molecule is CC(C)C1CCC(C)C(S(=O)(=O)O)C1=O. The first kappa shape index (κ1) is 12.6. The molecule has 0 aromatic heterocycles. The Hall–Kier alpha value is -0.420. The van der Waals surface area contributed by atoms with Crippen molar-refractivity contribution in [1.82, 2.24) is 0 Å². The lowest BCUT2D eigenvalue weighted by Crippen LogP contribution is -2.45. The third-order valence-electron chi connectivity index (χ3n) is 3.22. The van der Waals surface area contributed by atoms with Gasteiger partial charge in [0.2, 0.25) is 0 Å². The van der Waals surface area contributed by atoms with Crippen molar-refractivity contribution in [2.24, 2.45) is 17.8 Å². The average Bonchev–Trinajstić information content (AvgIpc) is 2.00. The van der Waals surface area contributed by atoms with E-state index in [1.807, 2.05) is 13.8 Å². The number of hydrogen-bond donors (Lipinski definition) is 1. The lowest BCUT2D eigenvalue weighted by Gasteiger charge is -2.32. The predicted octanol–water partition coefficient (Wildman–Crippen LogP) is 1.51. The Labute approximate surface area is 90.8 Å². The second-order valence-corrected chi connectivity index (χ2v) is 6.28. The van der Waals surface area contributed by atoms with Crippen LogP contribution in [0.3, 0.4) is 0 Å². The molecule has 1 rings (SSSR count). The van der Waals surface area contributed by atoms with Crippen LogP contribution < -0.4 is 0 Å². The molecule has 0 saturated heterocycles. The van der Waals surface area contributed by atoms with Gasteiger partial charge in [-0.1, -0.05) is 20.8 Å². The van der Waals surface area contributed by atoms with Crippen molar-refractivity contribution in [1.29, 1.82) is 0 Å². The van der Waals surface area contributed by atoms with Crippen LogP contribution in [-0.4, -0.2) is 24.0 Å². The van der Waals surface area contributed by atoms with E-state index in [-0.39, 0.29) is 23.5 Å². The normalized spacial score (nSPS) is 33.4. The van der Waals surface area contributed by atoms with Gasteiger partial charge in [0.05, 0.1) is 0 Å². The van der Waals surface area contributed by atoms with Crippen LogP contribution in [-0.2, 0) is 14.9 Å². The smallest absolute Gasteiger partial charge is 0.275 e. The Morgan fingerprint density at radius 2 is 1.87 bits per heavy atom. The van der Waals surface area contributed by atoms with E-state index in [0.717, 1.165) is 6.42 Å². The van der Waals surface area contributed by atoms with Gasteiger partial charge in [-0.05, 0) is 24.7 Å². The van der Waals surface area contributed by atoms with Gasteiger partial charge in [-0.2, -0.15) is 8.42 Å². The molecule has 88 valence electrons. The molecule has 15 heavy (non-hydrogen) atoms. The van der Waals surface area contributed by atoms with Crippen LogP contribution in [0.5, 0.6) is 0 Å². The van der Waals surface area contributed by atoms with Crippen molar-refractivity contribution >= 4 is 15.9 Å². The van der Waals surface area contributed by atoms with Gasteiger partial charge in [0.25, 0.3) is 10.1 Å². The molecule has 0 aromatic carbocycles. The molecular weight excluding hydrogens is 216 g/mol. The van der Waals surface area contributed by atoms with Crippen LogP contribution >= 0.6 is 0 Å². The molecule has 4 nitrogen and oxygen atoms in total. The summed E-state index contributed by atoms with van der Waals surface area (Å²) in [7, 11) is -4.24. The lowest BCUT2D eigenvalue weighted by atomic mass is 9.76. The molecule has 1 saturated carbocycles. The molecule has 0 bridgehead atoms. The van der Waals surface area contributed by atoms with E-state index in [9.17, 15) is 13.2 Å². The fourth-order valence-electron chi connectivity index (χ4n) is 2.33. The molecule has 1 N–H and O–H groups in total. The van der Waals surface area contributed by atoms with Gasteiger partial charge in [0.15, 0.2) is 5.78 Å². The second kappa shape index (κ2) is 4.22. The largest absolute Gasteiger partial charge is 0.298 e. The Bertz CT molecular complexity index is 344. The Morgan fingerprint density at radius 3 is 2.27 bits per heavy atom. The zero-order chi connectivity index (χ0) is 11.8. The fraction of sp³-hybridized carbons (Fsp3) is 0.900. The molecule has 0 heterocycles. The third kappa shape index (κ3) is 2.58. The fourth-order valence-corrected chi connectivity index (χ4v) is 3.52. The maximum absolute atomic E-state index is 11.9. The standard InChI is InChI=1S/C10H18O4S/c1-6(2)8-5-4-7(3)10(9(8)11)15(12,13)14/h6-8,10H,4-5H2,1-3H3,(H,12,13,14). The predicted molar refractivity (Wildman–Crippen MR) is 57.1 cm³/mol. The summed E-state index contributed by atoms with van der Waals surface area (Å²) in [5.74, 6) is -0.684. The molecular formula is C10H18O4S. The summed E-state index contributed by atoms with van der Waals surface area (Å²) in [5, 5.41) is -1.21. The number of Topliss-reactive ketones (excluding diaryl/α,β-unsaturated/α-hetero) is 1. The van der Waals surface area contributed by atoms with E-state index in [1.165, 1.54) is 0 Å². The molecule has 1 aliphatic carbocycles. The highest BCUT2D eigenvalue weighted by Gasteiger charge is 2.44. The monoisotopic (exact) mass is 234 g/mol. The first-order valence-electron chi connectivity index (χ1n) is 5.25. The molecule has 3 unspecified atom stereocenters. The van der Waals surface area contributed by atoms with Gasteiger partial charge < -0.3 is 0 Å². The molecule has 1 aliphatic rings. The number of ketones is 1. The molecule has 0 aromatic rings. The van der Waals surface area contributed by atoms with E-state index < -0.39 is 15.4 Å². The third-order valence-corrected chi connectivity index (χ3v) is 4.56. The number of carbonyl (C=O) groups is 1. The molecule has 0 radical (unpaired) electrons. The van der Waals surface area contributed by atoms with Gasteiger partial charge in [0.1, 0.15) is 5.25 Å². The Kier molecular flexibility index (Phi) is 3.55. The van der Waals surface area contributed by atoms with Crippen LogP contribution in [0.2, 0.25) is 0 Å². The van der Waals surface area contributed by atoms with Crippen LogP contribution in [0, 0.1) is 17.8 Å². The summed E-state index contributed by atoms with van der Waals surface area (Å²) in [5.41, 5.74) is 0. The molecule has 0 amide bonds. The molecule has 1 fully saturated rings. The second-order valence-electron chi connectivity index (χ2n) is 4.74. The quantitative estimate of drug-likeness (QED) is 0.735. The summed E-state index contributed by atoms with van der Waals surface area (Å²) >= 11 is 0. The minimum atomic E-state index is -4.24. The summed E-state index contributed by atoms with van der Waals surface area (Å²) < 4.78 is 31.3. The van der Waals surface area contributed by atoms with E-state index >= 15 is 0 Å². The van der Waals surface area contributed by atoms with Gasteiger partial charge in [-0.25, -0.2) is 0 Å². The first-order valence-corrected chi connectivity index (χ1v) is 6.75. The van der Waals surface area contributed by atoms with E-state index in [1.54, 1.807) is 6.92 Å². The highest BCUT2D eigenvalue weighted by Crippen LogP contribution is 2.33. The van der Waals surface area contributed by atoms with Crippen LogP contribution in [0.15, 0.2) is 0 Å². The lowest BCUT2D eigenvalue weighted by molar-refractivity contribution is -0.126. The van der Waals surface area contributed by atoms with Gasteiger partial charge >= 0.3 is 0 Å². The van der Waals surface area contributed by atoms with Crippen molar-refractivity contribution in [2.75, 3.05) is 0 Å². The molecule has 0 spiro atoms. The number of rotatable bonds is 2. The van der Waals surface area contributed by atoms with Crippen molar-refractivity contribution in [3.8, 4) is 0 Å². The van der Waals surface area contributed by atoms with Crippen molar-refractivity contribution in [3.63, 3.8) is 0 Å². The maximum Gasteiger partial charge on any atom is 0.275 e. The zero-order valence-electron chi connectivity index (χ0n) is 9.30. The maximum atomic E-state index is 11.9. The highest BCUT2D eigenvalue weighted by atomic mass is 32.2. The van der Waals surface area contributed by atoms with Gasteiger partial charge in [-0.3, -0.25) is 9.35 Å². The minimum absolute atomic E-state index is 0.134. The average molecular weight is 234 g/mol. The van der Waals surface area contributed by atoms with E-state index in [4.69, 9.17) is 4.55 Å². The highest BCUT2D eigenvalue weighted by molar-refractivity contribution is 7.87. The summed E-state index contributed by atoms with van der Waals surface area (Å²) in [6.07, 6.45) is 1.41. The topological polar surface area (TPSA) is 71.4 Å². The molecule has 5 heteroatoms. The Balaban J connectivity index is 2.99. The van der Waals surface area contributed by atoms with Crippen LogP contribution in [0.25, 0.3) is 0 Å². The van der Waals surface area contributed by atoms with Crippen molar-refractivity contribution in [2.45, 2.75) is 38.9 Å². The van der Waals surface area contributed by atoms with Gasteiger partial charge in [-0.15, -0.1) is 0 Å². The number of carbonyl (C=O) groups excluding carboxylic acids is 1.